The van der Waals surface area contributed by atoms with Crippen LogP contribution in [0.3, 0.4) is 0 Å². The maximum Gasteiger partial charge on any atom is 0.226 e. The number of thioether (sulfide) groups is 1. The van der Waals surface area contributed by atoms with Crippen LogP contribution < -0.4 is 4.90 Å². The third-order valence-electron chi connectivity index (χ3n) is 3.53. The standard InChI is InChI=1S/C17H23ClN4S.C2H6/c1-5-14(7-6-13(2)3)23-15-12-19-17(20-16(15)18)22-10-8-21(4)9-11-22;1-2/h5-7,12H,2,8-11H2,1,3-4H3;1-2H3/b7-6-,14-5+;. The van der Waals surface area contributed by atoms with Gasteiger partial charge in [-0.25, -0.2) is 4.98 Å². The van der Waals surface area contributed by atoms with E-state index >= 15 is 0 Å². The zero-order valence-electron chi connectivity index (χ0n) is 15.9. The highest BCUT2D eigenvalue weighted by Gasteiger charge is 2.17. The molecule has 1 saturated heterocycles. The minimum atomic E-state index is 0.502. The number of nitrogens with zero attached hydrogens (tertiary/aromatic N) is 4. The van der Waals surface area contributed by atoms with Crippen LogP contribution in [0.4, 0.5) is 5.95 Å². The lowest BCUT2D eigenvalue weighted by atomic mass is 10.3. The summed E-state index contributed by atoms with van der Waals surface area (Å²) in [6.45, 7) is 15.7. The van der Waals surface area contributed by atoms with Crippen LogP contribution in [0.2, 0.25) is 5.15 Å². The summed E-state index contributed by atoms with van der Waals surface area (Å²) >= 11 is 7.93. The largest absolute Gasteiger partial charge is 0.338 e. The van der Waals surface area contributed by atoms with Crippen molar-refractivity contribution in [3.63, 3.8) is 0 Å². The summed E-state index contributed by atoms with van der Waals surface area (Å²) in [5.74, 6) is 0.715. The van der Waals surface area contributed by atoms with E-state index in [-0.39, 0.29) is 0 Å². The highest BCUT2D eigenvalue weighted by molar-refractivity contribution is 8.03. The molecule has 25 heavy (non-hydrogen) atoms. The zero-order chi connectivity index (χ0) is 18.8. The maximum absolute atomic E-state index is 6.36. The van der Waals surface area contributed by atoms with Crippen molar-refractivity contribution in [2.45, 2.75) is 32.6 Å². The summed E-state index contributed by atoms with van der Waals surface area (Å²) in [5, 5.41) is 0.502. The van der Waals surface area contributed by atoms with E-state index in [0.717, 1.165) is 41.6 Å². The molecule has 1 aliphatic rings. The normalized spacial score (nSPS) is 15.9. The topological polar surface area (TPSA) is 32.3 Å². The molecule has 0 radical (unpaired) electrons. The predicted octanol–water partition coefficient (Wildman–Crippen LogP) is 5.04. The van der Waals surface area contributed by atoms with Crippen LogP contribution in [-0.2, 0) is 0 Å². The van der Waals surface area contributed by atoms with Crippen molar-refractivity contribution < 1.29 is 0 Å². The molecule has 0 spiro atoms. The van der Waals surface area contributed by atoms with Crippen molar-refractivity contribution in [1.82, 2.24) is 14.9 Å². The van der Waals surface area contributed by atoms with Crippen LogP contribution in [0.25, 0.3) is 0 Å². The minimum absolute atomic E-state index is 0.502. The quantitative estimate of drug-likeness (QED) is 0.406. The number of hydrogen-bond donors (Lipinski definition) is 0. The molecule has 0 atom stereocenters. The molecule has 0 aromatic carbocycles. The molecular formula is C19H29ClN4S. The summed E-state index contributed by atoms with van der Waals surface area (Å²) in [6.07, 6.45) is 7.86. The van der Waals surface area contributed by atoms with Gasteiger partial charge in [0.15, 0.2) is 0 Å². The van der Waals surface area contributed by atoms with Crippen LogP contribution in [0.15, 0.2) is 46.4 Å². The summed E-state index contributed by atoms with van der Waals surface area (Å²) < 4.78 is 0. The molecule has 0 N–H and O–H groups in total. The molecule has 2 heterocycles. The van der Waals surface area contributed by atoms with Gasteiger partial charge in [-0.1, -0.05) is 61.5 Å². The Hall–Kier alpha value is -1.30. The third kappa shape index (κ3) is 7.22. The molecule has 0 bridgehead atoms. The van der Waals surface area contributed by atoms with Gasteiger partial charge in [0.2, 0.25) is 5.95 Å². The van der Waals surface area contributed by atoms with E-state index in [1.54, 1.807) is 11.8 Å². The molecule has 6 heteroatoms. The van der Waals surface area contributed by atoms with Gasteiger partial charge in [-0.15, -0.1) is 0 Å². The van der Waals surface area contributed by atoms with E-state index in [4.69, 9.17) is 11.6 Å². The fourth-order valence-corrected chi connectivity index (χ4v) is 3.09. The monoisotopic (exact) mass is 380 g/mol. The number of likely N-dealkylation sites (N-methyl/N-ethyl adjacent to an activating group) is 1. The second-order valence-electron chi connectivity index (χ2n) is 5.59. The van der Waals surface area contributed by atoms with E-state index in [0.29, 0.717) is 11.1 Å². The predicted molar refractivity (Wildman–Crippen MR) is 112 cm³/mol. The molecule has 4 nitrogen and oxygen atoms in total. The van der Waals surface area contributed by atoms with Gasteiger partial charge in [-0.05, 0) is 27.0 Å². The van der Waals surface area contributed by atoms with Crippen LogP contribution >= 0.6 is 23.4 Å². The van der Waals surface area contributed by atoms with E-state index in [9.17, 15) is 0 Å². The van der Waals surface area contributed by atoms with Gasteiger partial charge >= 0.3 is 0 Å². The molecule has 0 unspecified atom stereocenters. The molecule has 1 fully saturated rings. The van der Waals surface area contributed by atoms with Gasteiger partial charge in [0.25, 0.3) is 0 Å². The molecule has 1 aromatic heterocycles. The van der Waals surface area contributed by atoms with Crippen molar-refractivity contribution >= 4 is 29.3 Å². The number of anilines is 1. The molecule has 0 saturated carbocycles. The lowest BCUT2D eigenvalue weighted by Gasteiger charge is -2.32. The van der Waals surface area contributed by atoms with Crippen LogP contribution in [0.5, 0.6) is 0 Å². The van der Waals surface area contributed by atoms with Crippen molar-refractivity contribution in [3.8, 4) is 0 Å². The third-order valence-corrected chi connectivity index (χ3v) is 5.06. The molecule has 2 rings (SSSR count). The van der Waals surface area contributed by atoms with E-state index < -0.39 is 0 Å². The fraction of sp³-hybridized carbons (Fsp3) is 0.474. The van der Waals surface area contributed by atoms with E-state index in [2.05, 4.69) is 33.4 Å². The van der Waals surface area contributed by atoms with Crippen molar-refractivity contribution in [2.75, 3.05) is 38.1 Å². The highest BCUT2D eigenvalue weighted by Crippen LogP contribution is 2.32. The molecular weight excluding hydrogens is 352 g/mol. The first-order valence-electron chi connectivity index (χ1n) is 8.63. The zero-order valence-corrected chi connectivity index (χ0v) is 17.5. The van der Waals surface area contributed by atoms with Gasteiger partial charge < -0.3 is 9.80 Å². The molecule has 0 amide bonds. The van der Waals surface area contributed by atoms with Gasteiger partial charge in [0.05, 0.1) is 4.90 Å². The van der Waals surface area contributed by atoms with Crippen molar-refractivity contribution in [3.05, 3.63) is 46.6 Å². The number of piperazine rings is 1. The second kappa shape index (κ2) is 11.3. The summed E-state index contributed by atoms with van der Waals surface area (Å²) in [4.78, 5) is 15.4. The second-order valence-corrected chi connectivity index (χ2v) is 7.06. The van der Waals surface area contributed by atoms with E-state index in [1.165, 1.54) is 0 Å². The highest BCUT2D eigenvalue weighted by atomic mass is 35.5. The number of aromatic nitrogens is 2. The number of halogens is 1. The molecule has 0 aliphatic carbocycles. The molecule has 138 valence electrons. The van der Waals surface area contributed by atoms with Crippen LogP contribution in [-0.4, -0.2) is 48.1 Å². The van der Waals surface area contributed by atoms with Crippen LogP contribution in [0.1, 0.15) is 27.7 Å². The Labute approximate surface area is 161 Å². The lowest BCUT2D eigenvalue weighted by Crippen LogP contribution is -2.45. The van der Waals surface area contributed by atoms with Gasteiger partial charge in [0, 0.05) is 37.3 Å². The summed E-state index contributed by atoms with van der Waals surface area (Å²) in [7, 11) is 2.13. The number of allylic oxidation sites excluding steroid dienone is 4. The summed E-state index contributed by atoms with van der Waals surface area (Å²) in [6, 6.07) is 0. The molecule has 1 aromatic rings. The van der Waals surface area contributed by atoms with Crippen molar-refractivity contribution in [1.29, 1.82) is 0 Å². The lowest BCUT2D eigenvalue weighted by molar-refractivity contribution is 0.311. The molecule has 1 aliphatic heterocycles. The average molecular weight is 381 g/mol. The Morgan fingerprint density at radius 3 is 2.40 bits per heavy atom. The first-order valence-corrected chi connectivity index (χ1v) is 9.83. The average Bonchev–Trinajstić information content (AvgIpc) is 2.62. The number of rotatable bonds is 5. The Morgan fingerprint density at radius 2 is 1.88 bits per heavy atom. The Balaban J connectivity index is 0.00000151. The first kappa shape index (κ1) is 21.7. The minimum Gasteiger partial charge on any atom is -0.338 e. The Morgan fingerprint density at radius 1 is 1.24 bits per heavy atom. The van der Waals surface area contributed by atoms with Crippen LogP contribution in [0, 0.1) is 0 Å². The maximum atomic E-state index is 6.36. The fourth-order valence-electron chi connectivity index (χ4n) is 2.11. The summed E-state index contributed by atoms with van der Waals surface area (Å²) in [5.41, 5.74) is 1.01. The van der Waals surface area contributed by atoms with Gasteiger partial charge in [-0.3, -0.25) is 0 Å². The van der Waals surface area contributed by atoms with Crippen molar-refractivity contribution in [2.24, 2.45) is 0 Å². The Bertz CT molecular complexity index is 620. The number of hydrogen-bond acceptors (Lipinski definition) is 5. The smallest absolute Gasteiger partial charge is 0.226 e. The van der Waals surface area contributed by atoms with Gasteiger partial charge in [0.1, 0.15) is 5.15 Å². The van der Waals surface area contributed by atoms with E-state index in [1.807, 2.05) is 52.1 Å². The Kier molecular flexibility index (Phi) is 9.86. The first-order chi connectivity index (χ1) is 12.0. The van der Waals surface area contributed by atoms with Gasteiger partial charge in [-0.2, -0.15) is 4.98 Å². The SMILES string of the molecule is C=C(C)/C=C\C(=C/C)Sc1cnc(N2CCN(C)CC2)nc1Cl.CC.